The lowest BCUT2D eigenvalue weighted by Crippen LogP contribution is -2.17. The fraction of sp³-hybridized carbons (Fsp3) is 0.143. The van der Waals surface area contributed by atoms with Gasteiger partial charge in [0.1, 0.15) is 16.9 Å². The number of thiol groups is 1. The lowest BCUT2D eigenvalue weighted by Gasteiger charge is -2.17. The third-order valence-electron chi connectivity index (χ3n) is 4.26. The van der Waals surface area contributed by atoms with Gasteiger partial charge in [0.2, 0.25) is 0 Å². The van der Waals surface area contributed by atoms with E-state index in [4.69, 9.17) is 4.42 Å². The molecule has 0 bridgehead atoms. The van der Waals surface area contributed by atoms with Crippen LogP contribution in [0.3, 0.4) is 0 Å². The minimum atomic E-state index is -1.01. The molecule has 0 aliphatic carbocycles. The molecule has 0 fully saturated rings. The van der Waals surface area contributed by atoms with Crippen molar-refractivity contribution < 1.29 is 9.52 Å². The number of rotatable bonds is 3. The van der Waals surface area contributed by atoms with Crippen LogP contribution in [0.1, 0.15) is 19.5 Å². The SMILES string of the molecule is CC(C)(O)c1cc(-c2ccnc3cc(-c4ccc(S)cc4)oc23)ccn1. The molecule has 3 aromatic heterocycles. The van der Waals surface area contributed by atoms with Gasteiger partial charge in [-0.1, -0.05) is 12.1 Å². The highest BCUT2D eigenvalue weighted by Crippen LogP contribution is 2.34. The first-order chi connectivity index (χ1) is 12.4. The van der Waals surface area contributed by atoms with Crippen molar-refractivity contribution in [1.29, 1.82) is 0 Å². The molecule has 0 amide bonds. The van der Waals surface area contributed by atoms with Crippen molar-refractivity contribution in [1.82, 2.24) is 9.97 Å². The molecule has 4 rings (SSSR count). The van der Waals surface area contributed by atoms with Crippen molar-refractivity contribution >= 4 is 23.7 Å². The number of aromatic nitrogens is 2. The largest absolute Gasteiger partial charge is 0.454 e. The summed E-state index contributed by atoms with van der Waals surface area (Å²) in [7, 11) is 0. The van der Waals surface area contributed by atoms with E-state index in [-0.39, 0.29) is 0 Å². The first kappa shape index (κ1) is 16.8. The van der Waals surface area contributed by atoms with Crippen LogP contribution < -0.4 is 0 Å². The van der Waals surface area contributed by atoms with E-state index in [9.17, 15) is 5.11 Å². The zero-order valence-corrected chi connectivity index (χ0v) is 15.4. The highest BCUT2D eigenvalue weighted by molar-refractivity contribution is 7.80. The molecule has 0 saturated carbocycles. The van der Waals surface area contributed by atoms with E-state index >= 15 is 0 Å². The predicted octanol–water partition coefficient (Wildman–Crippen LogP) is 5.07. The van der Waals surface area contributed by atoms with Gasteiger partial charge < -0.3 is 9.52 Å². The molecule has 26 heavy (non-hydrogen) atoms. The second-order valence-electron chi connectivity index (χ2n) is 6.72. The number of hydrogen-bond acceptors (Lipinski definition) is 5. The Kier molecular flexibility index (Phi) is 4.05. The quantitative estimate of drug-likeness (QED) is 0.499. The van der Waals surface area contributed by atoms with Crippen LogP contribution in [0.4, 0.5) is 0 Å². The smallest absolute Gasteiger partial charge is 0.161 e. The highest BCUT2D eigenvalue weighted by atomic mass is 32.1. The normalized spacial score (nSPS) is 11.8. The summed E-state index contributed by atoms with van der Waals surface area (Å²) in [5.41, 5.74) is 3.91. The maximum Gasteiger partial charge on any atom is 0.161 e. The van der Waals surface area contributed by atoms with E-state index in [1.165, 1.54) is 0 Å². The van der Waals surface area contributed by atoms with E-state index in [1.807, 2.05) is 48.5 Å². The van der Waals surface area contributed by atoms with Gasteiger partial charge in [0.25, 0.3) is 0 Å². The van der Waals surface area contributed by atoms with Crippen LogP contribution in [0, 0.1) is 0 Å². The second-order valence-corrected chi connectivity index (χ2v) is 7.24. The van der Waals surface area contributed by atoms with E-state index < -0.39 is 5.60 Å². The summed E-state index contributed by atoms with van der Waals surface area (Å²) in [6.07, 6.45) is 3.46. The van der Waals surface area contributed by atoms with Crippen LogP contribution in [0.25, 0.3) is 33.6 Å². The molecule has 0 radical (unpaired) electrons. The fourth-order valence-electron chi connectivity index (χ4n) is 2.87. The van der Waals surface area contributed by atoms with Gasteiger partial charge in [0, 0.05) is 34.5 Å². The van der Waals surface area contributed by atoms with Crippen molar-refractivity contribution in [2.45, 2.75) is 24.3 Å². The van der Waals surface area contributed by atoms with E-state index in [1.54, 1.807) is 26.2 Å². The molecule has 5 heteroatoms. The van der Waals surface area contributed by atoms with E-state index in [0.29, 0.717) is 11.3 Å². The summed E-state index contributed by atoms with van der Waals surface area (Å²) in [4.78, 5) is 9.60. The Labute approximate surface area is 157 Å². The number of aliphatic hydroxyl groups is 1. The Morgan fingerprint density at radius 3 is 2.38 bits per heavy atom. The molecular weight excluding hydrogens is 344 g/mol. The van der Waals surface area contributed by atoms with Gasteiger partial charge in [-0.3, -0.25) is 9.97 Å². The molecule has 1 N–H and O–H groups in total. The van der Waals surface area contributed by atoms with Crippen LogP contribution in [-0.2, 0) is 5.60 Å². The molecule has 130 valence electrons. The molecule has 0 atom stereocenters. The van der Waals surface area contributed by atoms with E-state index in [2.05, 4.69) is 22.6 Å². The number of furan rings is 1. The Morgan fingerprint density at radius 2 is 1.65 bits per heavy atom. The van der Waals surface area contributed by atoms with Crippen molar-refractivity contribution in [3.8, 4) is 22.5 Å². The van der Waals surface area contributed by atoms with E-state index in [0.717, 1.165) is 32.9 Å². The Morgan fingerprint density at radius 1 is 0.923 bits per heavy atom. The van der Waals surface area contributed by atoms with Gasteiger partial charge >= 0.3 is 0 Å². The second kappa shape index (κ2) is 6.27. The standard InChI is InChI=1S/C21H18N2O2S/c1-21(2,24)19-11-14(7-9-23-19)16-8-10-22-17-12-18(25-20(16)17)13-3-5-15(26)6-4-13/h3-12,24,26H,1-2H3. The molecule has 1 aromatic carbocycles. The summed E-state index contributed by atoms with van der Waals surface area (Å²) in [5.74, 6) is 0.755. The molecular formula is C21H18N2O2S. The Bertz CT molecular complexity index is 1080. The Hall–Kier alpha value is -2.63. The zero-order chi connectivity index (χ0) is 18.3. The molecule has 0 aliphatic heterocycles. The lowest BCUT2D eigenvalue weighted by atomic mass is 10.00. The molecule has 4 nitrogen and oxygen atoms in total. The average molecular weight is 362 g/mol. The van der Waals surface area contributed by atoms with Crippen LogP contribution in [0.15, 0.2) is 70.2 Å². The molecule has 3 heterocycles. The van der Waals surface area contributed by atoms with Crippen molar-refractivity contribution in [3.63, 3.8) is 0 Å². The summed E-state index contributed by atoms with van der Waals surface area (Å²) < 4.78 is 6.13. The topological polar surface area (TPSA) is 59.2 Å². The van der Waals surface area contributed by atoms with Crippen molar-refractivity contribution in [2.24, 2.45) is 0 Å². The third kappa shape index (κ3) is 3.11. The maximum absolute atomic E-state index is 10.2. The van der Waals surface area contributed by atoms with Gasteiger partial charge in [0.15, 0.2) is 5.58 Å². The average Bonchev–Trinajstić information content (AvgIpc) is 3.06. The molecule has 0 spiro atoms. The number of nitrogens with zero attached hydrogens (tertiary/aromatic N) is 2. The Balaban J connectivity index is 1.85. The fourth-order valence-corrected chi connectivity index (χ4v) is 3.02. The van der Waals surface area contributed by atoms with Crippen LogP contribution >= 0.6 is 12.6 Å². The molecule has 0 aliphatic rings. The van der Waals surface area contributed by atoms with Gasteiger partial charge in [-0.25, -0.2) is 0 Å². The molecule has 4 aromatic rings. The monoisotopic (exact) mass is 362 g/mol. The first-order valence-electron chi connectivity index (χ1n) is 8.29. The van der Waals surface area contributed by atoms with Gasteiger partial charge in [-0.05, 0) is 49.7 Å². The summed E-state index contributed by atoms with van der Waals surface area (Å²) in [6, 6.07) is 15.4. The minimum Gasteiger partial charge on any atom is -0.454 e. The van der Waals surface area contributed by atoms with Gasteiger partial charge in [-0.2, -0.15) is 0 Å². The lowest BCUT2D eigenvalue weighted by molar-refractivity contribution is 0.0739. The molecule has 0 saturated heterocycles. The number of pyridine rings is 2. The van der Waals surface area contributed by atoms with Crippen LogP contribution in [-0.4, -0.2) is 15.1 Å². The van der Waals surface area contributed by atoms with Gasteiger partial charge in [0.05, 0.1) is 5.69 Å². The minimum absolute atomic E-state index is 0.608. The number of benzene rings is 1. The highest BCUT2D eigenvalue weighted by Gasteiger charge is 2.19. The summed E-state index contributed by atoms with van der Waals surface area (Å²) >= 11 is 4.32. The molecule has 0 unspecified atom stereocenters. The zero-order valence-electron chi connectivity index (χ0n) is 14.5. The third-order valence-corrected chi connectivity index (χ3v) is 4.56. The first-order valence-corrected chi connectivity index (χ1v) is 8.74. The summed E-state index contributed by atoms with van der Waals surface area (Å²) in [5, 5.41) is 10.2. The van der Waals surface area contributed by atoms with Gasteiger partial charge in [-0.15, -0.1) is 12.6 Å². The van der Waals surface area contributed by atoms with Crippen molar-refractivity contribution in [3.05, 3.63) is 66.6 Å². The van der Waals surface area contributed by atoms with Crippen molar-refractivity contribution in [2.75, 3.05) is 0 Å². The van der Waals surface area contributed by atoms with Crippen LogP contribution in [0.2, 0.25) is 0 Å². The number of hydrogen-bond donors (Lipinski definition) is 2. The maximum atomic E-state index is 10.2. The predicted molar refractivity (Wildman–Crippen MR) is 105 cm³/mol. The number of fused-ring (bicyclic) bond motifs is 1. The van der Waals surface area contributed by atoms with Crippen LogP contribution in [0.5, 0.6) is 0 Å². The summed E-state index contributed by atoms with van der Waals surface area (Å²) in [6.45, 7) is 3.44.